The van der Waals surface area contributed by atoms with E-state index in [4.69, 9.17) is 0 Å². The summed E-state index contributed by atoms with van der Waals surface area (Å²) in [4.78, 5) is 9.12. The molecule has 1 aliphatic heterocycles. The highest BCUT2D eigenvalue weighted by molar-refractivity contribution is 5.55. The number of likely N-dealkylation sites (N-methyl/N-ethyl adjacent to an activating group) is 1. The van der Waals surface area contributed by atoms with E-state index >= 15 is 0 Å². The lowest BCUT2D eigenvalue weighted by Gasteiger charge is -2.45. The monoisotopic (exact) mass is 363 g/mol. The van der Waals surface area contributed by atoms with Gasteiger partial charge in [0.15, 0.2) is 17.1 Å². The standard InChI is InChI=1S/C18H21N9/c1-11-8-18(27-17(19-11)7-12(2)22-27)24(4)14-9-25(10-14)16-6-5-15-21-20-13(3)26(15)23-16/h5-8,14H,9-10H2,1-4H3. The van der Waals surface area contributed by atoms with E-state index in [1.54, 1.807) is 4.52 Å². The lowest BCUT2D eigenvalue weighted by atomic mass is 10.1. The van der Waals surface area contributed by atoms with Gasteiger partial charge in [-0.3, -0.25) is 0 Å². The van der Waals surface area contributed by atoms with Crippen molar-refractivity contribution in [2.45, 2.75) is 26.8 Å². The predicted octanol–water partition coefficient (Wildman–Crippen LogP) is 1.42. The number of aryl methyl sites for hydroxylation is 3. The zero-order valence-corrected chi connectivity index (χ0v) is 15.8. The summed E-state index contributed by atoms with van der Waals surface area (Å²) in [5.41, 5.74) is 3.63. The molecule has 0 unspecified atom stereocenters. The Kier molecular flexibility index (Phi) is 3.33. The third-order valence-electron chi connectivity index (χ3n) is 5.16. The van der Waals surface area contributed by atoms with Gasteiger partial charge in [0.25, 0.3) is 0 Å². The maximum Gasteiger partial charge on any atom is 0.178 e. The molecular formula is C18H21N9. The van der Waals surface area contributed by atoms with Crippen LogP contribution in [-0.4, -0.2) is 60.6 Å². The Labute approximate surface area is 156 Å². The van der Waals surface area contributed by atoms with Crippen molar-refractivity contribution in [1.29, 1.82) is 0 Å². The number of anilines is 2. The van der Waals surface area contributed by atoms with Crippen LogP contribution >= 0.6 is 0 Å². The molecule has 1 aliphatic rings. The van der Waals surface area contributed by atoms with E-state index in [0.717, 1.165) is 53.2 Å². The molecule has 0 radical (unpaired) electrons. The summed E-state index contributed by atoms with van der Waals surface area (Å²) in [5.74, 6) is 2.80. The minimum Gasteiger partial charge on any atom is -0.353 e. The van der Waals surface area contributed by atoms with Crippen molar-refractivity contribution in [3.8, 4) is 0 Å². The molecular weight excluding hydrogens is 342 g/mol. The van der Waals surface area contributed by atoms with Gasteiger partial charge in [-0.25, -0.2) is 4.98 Å². The van der Waals surface area contributed by atoms with Crippen LogP contribution < -0.4 is 9.80 Å². The average Bonchev–Trinajstić information content (AvgIpc) is 3.15. The van der Waals surface area contributed by atoms with Gasteiger partial charge in [-0.1, -0.05) is 0 Å². The fourth-order valence-electron chi connectivity index (χ4n) is 3.58. The molecule has 0 N–H and O–H groups in total. The Balaban J connectivity index is 1.39. The van der Waals surface area contributed by atoms with E-state index in [-0.39, 0.29) is 0 Å². The summed E-state index contributed by atoms with van der Waals surface area (Å²) in [6, 6.07) is 8.46. The first-order chi connectivity index (χ1) is 13.0. The lowest BCUT2D eigenvalue weighted by molar-refractivity contribution is 0.484. The average molecular weight is 363 g/mol. The van der Waals surface area contributed by atoms with Crippen LogP contribution in [-0.2, 0) is 0 Å². The molecule has 0 bridgehead atoms. The molecule has 9 heteroatoms. The van der Waals surface area contributed by atoms with E-state index in [0.29, 0.717) is 6.04 Å². The Morgan fingerprint density at radius 3 is 2.56 bits per heavy atom. The van der Waals surface area contributed by atoms with Crippen molar-refractivity contribution in [3.05, 3.63) is 41.5 Å². The van der Waals surface area contributed by atoms with Gasteiger partial charge in [-0.2, -0.15) is 14.1 Å². The molecule has 0 aromatic carbocycles. The maximum absolute atomic E-state index is 4.66. The second-order valence-electron chi connectivity index (χ2n) is 7.19. The van der Waals surface area contributed by atoms with Crippen LogP contribution in [0.1, 0.15) is 17.2 Å². The molecule has 4 aromatic heterocycles. The van der Waals surface area contributed by atoms with Crippen LogP contribution in [0, 0.1) is 20.8 Å². The Bertz CT molecular complexity index is 1150. The zero-order chi connectivity index (χ0) is 18.7. The van der Waals surface area contributed by atoms with Crippen LogP contribution in [0.3, 0.4) is 0 Å². The van der Waals surface area contributed by atoms with Crippen molar-refractivity contribution < 1.29 is 0 Å². The molecule has 138 valence electrons. The molecule has 0 aliphatic carbocycles. The van der Waals surface area contributed by atoms with E-state index in [1.165, 1.54) is 0 Å². The van der Waals surface area contributed by atoms with Gasteiger partial charge < -0.3 is 9.80 Å². The summed E-state index contributed by atoms with van der Waals surface area (Å²) in [5, 5.41) is 17.4. The SMILES string of the molecule is Cc1cc(N(C)C2CN(c3ccc4nnc(C)n4n3)C2)n2nc(C)cc2n1. The fraction of sp³-hybridized carbons (Fsp3) is 0.389. The van der Waals surface area contributed by atoms with E-state index in [9.17, 15) is 0 Å². The highest BCUT2D eigenvalue weighted by Gasteiger charge is 2.32. The van der Waals surface area contributed by atoms with Crippen LogP contribution in [0.2, 0.25) is 0 Å². The number of fused-ring (bicyclic) bond motifs is 2. The van der Waals surface area contributed by atoms with Crippen LogP contribution in [0.4, 0.5) is 11.6 Å². The summed E-state index contributed by atoms with van der Waals surface area (Å²) >= 11 is 0. The molecule has 1 fully saturated rings. The Morgan fingerprint density at radius 1 is 0.926 bits per heavy atom. The number of nitrogens with zero attached hydrogens (tertiary/aromatic N) is 9. The maximum atomic E-state index is 4.66. The third kappa shape index (κ3) is 2.49. The van der Waals surface area contributed by atoms with Crippen molar-refractivity contribution in [2.24, 2.45) is 0 Å². The smallest absolute Gasteiger partial charge is 0.178 e. The lowest BCUT2D eigenvalue weighted by Crippen LogP contribution is -2.59. The Hall–Kier alpha value is -3.23. The minimum atomic E-state index is 0.388. The van der Waals surface area contributed by atoms with Crippen molar-refractivity contribution in [3.63, 3.8) is 0 Å². The topological polar surface area (TPSA) is 79.8 Å². The van der Waals surface area contributed by atoms with E-state index < -0.39 is 0 Å². The number of rotatable bonds is 3. The molecule has 9 nitrogen and oxygen atoms in total. The quantitative estimate of drug-likeness (QED) is 0.544. The van der Waals surface area contributed by atoms with Gasteiger partial charge in [0.1, 0.15) is 11.6 Å². The first kappa shape index (κ1) is 16.0. The van der Waals surface area contributed by atoms with E-state index in [2.05, 4.69) is 48.3 Å². The third-order valence-corrected chi connectivity index (χ3v) is 5.16. The van der Waals surface area contributed by atoms with Crippen LogP contribution in [0.5, 0.6) is 0 Å². The first-order valence-electron chi connectivity index (χ1n) is 9.00. The van der Waals surface area contributed by atoms with Gasteiger partial charge in [-0.15, -0.1) is 15.3 Å². The summed E-state index contributed by atoms with van der Waals surface area (Å²) < 4.78 is 3.71. The molecule has 4 aromatic rings. The van der Waals surface area contributed by atoms with Crippen LogP contribution in [0.15, 0.2) is 24.3 Å². The van der Waals surface area contributed by atoms with Gasteiger partial charge in [0, 0.05) is 38.0 Å². The van der Waals surface area contributed by atoms with Crippen molar-refractivity contribution in [2.75, 3.05) is 29.9 Å². The molecule has 5 heterocycles. The Morgan fingerprint density at radius 2 is 1.74 bits per heavy atom. The van der Waals surface area contributed by atoms with Crippen molar-refractivity contribution >= 4 is 22.9 Å². The number of hydrogen-bond acceptors (Lipinski definition) is 7. The molecule has 0 saturated carbocycles. The normalized spacial score (nSPS) is 14.9. The number of hydrogen-bond donors (Lipinski definition) is 0. The second kappa shape index (κ2) is 5.63. The molecule has 0 spiro atoms. The molecule has 1 saturated heterocycles. The fourth-order valence-corrected chi connectivity index (χ4v) is 3.58. The first-order valence-corrected chi connectivity index (χ1v) is 9.00. The minimum absolute atomic E-state index is 0.388. The highest BCUT2D eigenvalue weighted by Crippen LogP contribution is 2.26. The molecule has 5 rings (SSSR count). The molecule has 0 amide bonds. The van der Waals surface area contributed by atoms with Crippen LogP contribution in [0.25, 0.3) is 11.3 Å². The highest BCUT2D eigenvalue weighted by atomic mass is 15.4. The van der Waals surface area contributed by atoms with Gasteiger partial charge in [-0.05, 0) is 32.9 Å². The van der Waals surface area contributed by atoms with Gasteiger partial charge >= 0.3 is 0 Å². The van der Waals surface area contributed by atoms with E-state index in [1.807, 2.05) is 43.5 Å². The van der Waals surface area contributed by atoms with Gasteiger partial charge in [0.05, 0.1) is 11.7 Å². The predicted molar refractivity (Wildman–Crippen MR) is 102 cm³/mol. The summed E-state index contributed by atoms with van der Waals surface area (Å²) in [6.07, 6.45) is 0. The summed E-state index contributed by atoms with van der Waals surface area (Å²) in [6.45, 7) is 7.73. The van der Waals surface area contributed by atoms with Crippen molar-refractivity contribution in [1.82, 2.24) is 34.4 Å². The zero-order valence-electron chi connectivity index (χ0n) is 15.8. The number of aromatic nitrogens is 7. The summed E-state index contributed by atoms with van der Waals surface area (Å²) in [7, 11) is 2.12. The molecule has 0 atom stereocenters. The molecule has 27 heavy (non-hydrogen) atoms. The van der Waals surface area contributed by atoms with Gasteiger partial charge in [0.2, 0.25) is 0 Å². The second-order valence-corrected chi connectivity index (χ2v) is 7.19. The largest absolute Gasteiger partial charge is 0.353 e.